The number of ether oxygens (including phenoxy) is 1. The van der Waals surface area contributed by atoms with E-state index in [9.17, 15) is 4.79 Å². The van der Waals surface area contributed by atoms with Crippen LogP contribution in [0.25, 0.3) is 5.57 Å². The van der Waals surface area contributed by atoms with Gasteiger partial charge in [-0.25, -0.2) is 4.79 Å². The molecule has 1 aromatic heterocycles. The first-order valence-electron chi connectivity index (χ1n) is 9.42. The number of rotatable bonds is 5. The summed E-state index contributed by atoms with van der Waals surface area (Å²) in [7, 11) is 0. The average molecular weight is 373 g/mol. The van der Waals surface area contributed by atoms with E-state index in [1.165, 1.54) is 34.9 Å². The standard InChI is InChI=1S/C23H32O2S/c1-8-25-20(24)14-16(2)10-9-11-17(3)19-15-18-21(26-19)23(6,7)13-12-22(18,4)5/h9-11,14-15H,8,12-13H2,1-7H3/b10-9+,16-14+,17-11-. The Morgan fingerprint density at radius 1 is 1.19 bits per heavy atom. The minimum atomic E-state index is -0.286. The zero-order chi connectivity index (χ0) is 19.5. The molecule has 0 amide bonds. The zero-order valence-electron chi connectivity index (χ0n) is 17.2. The van der Waals surface area contributed by atoms with Crippen molar-refractivity contribution in [1.82, 2.24) is 0 Å². The number of carbonyl (C=O) groups is 1. The van der Waals surface area contributed by atoms with Gasteiger partial charge < -0.3 is 4.74 Å². The molecule has 0 fully saturated rings. The van der Waals surface area contributed by atoms with Crippen LogP contribution in [0.15, 0.2) is 35.9 Å². The molecule has 26 heavy (non-hydrogen) atoms. The summed E-state index contributed by atoms with van der Waals surface area (Å²) in [5.41, 5.74) is 4.19. The second kappa shape index (κ2) is 7.96. The summed E-state index contributed by atoms with van der Waals surface area (Å²) in [4.78, 5) is 14.3. The smallest absolute Gasteiger partial charge is 0.330 e. The molecule has 1 aliphatic carbocycles. The first-order chi connectivity index (χ1) is 12.1. The van der Waals surface area contributed by atoms with Crippen LogP contribution in [0, 0.1) is 0 Å². The van der Waals surface area contributed by atoms with Crippen LogP contribution in [-0.4, -0.2) is 12.6 Å². The van der Waals surface area contributed by atoms with Gasteiger partial charge in [-0.1, -0.05) is 45.9 Å². The first kappa shape index (κ1) is 20.7. The van der Waals surface area contributed by atoms with Crippen molar-refractivity contribution in [2.75, 3.05) is 6.61 Å². The van der Waals surface area contributed by atoms with E-state index >= 15 is 0 Å². The zero-order valence-corrected chi connectivity index (χ0v) is 18.0. The summed E-state index contributed by atoms with van der Waals surface area (Å²) in [5, 5.41) is 0. The Bertz CT molecular complexity index is 724. The highest BCUT2D eigenvalue weighted by molar-refractivity contribution is 7.13. The molecular weight excluding hydrogens is 340 g/mol. The molecule has 0 saturated carbocycles. The van der Waals surface area contributed by atoms with Gasteiger partial charge in [-0.05, 0) is 67.2 Å². The number of carbonyl (C=O) groups excluding carboxylic acids is 1. The van der Waals surface area contributed by atoms with Crippen LogP contribution in [-0.2, 0) is 20.4 Å². The number of allylic oxidation sites excluding steroid dienone is 5. The van der Waals surface area contributed by atoms with Gasteiger partial charge in [0, 0.05) is 15.8 Å². The molecule has 0 N–H and O–H groups in total. The summed E-state index contributed by atoms with van der Waals surface area (Å²) in [5.74, 6) is -0.286. The Labute approximate surface area is 162 Å². The van der Waals surface area contributed by atoms with Crippen LogP contribution >= 0.6 is 11.3 Å². The van der Waals surface area contributed by atoms with Gasteiger partial charge in [-0.3, -0.25) is 0 Å². The molecule has 0 spiro atoms. The third-order valence-electron chi connectivity index (χ3n) is 5.18. The van der Waals surface area contributed by atoms with E-state index in [0.29, 0.717) is 6.61 Å². The Hall–Kier alpha value is -1.61. The molecule has 0 saturated heterocycles. The van der Waals surface area contributed by atoms with Crippen molar-refractivity contribution in [1.29, 1.82) is 0 Å². The molecule has 2 nitrogen and oxygen atoms in total. The topological polar surface area (TPSA) is 26.3 Å². The highest BCUT2D eigenvalue weighted by Gasteiger charge is 2.38. The predicted molar refractivity (Wildman–Crippen MR) is 113 cm³/mol. The van der Waals surface area contributed by atoms with Crippen LogP contribution in [0.2, 0.25) is 0 Å². The monoisotopic (exact) mass is 372 g/mol. The summed E-state index contributed by atoms with van der Waals surface area (Å²) in [6, 6.07) is 2.39. The van der Waals surface area contributed by atoms with E-state index in [1.54, 1.807) is 4.88 Å². The number of esters is 1. The molecule has 1 heterocycles. The van der Waals surface area contributed by atoms with Crippen molar-refractivity contribution < 1.29 is 9.53 Å². The maximum absolute atomic E-state index is 11.5. The molecule has 0 unspecified atom stereocenters. The normalized spacial score (nSPS) is 19.5. The van der Waals surface area contributed by atoms with Crippen LogP contribution in [0.4, 0.5) is 0 Å². The maximum atomic E-state index is 11.5. The maximum Gasteiger partial charge on any atom is 0.330 e. The lowest BCUT2D eigenvalue weighted by molar-refractivity contribution is -0.137. The molecule has 142 valence electrons. The number of fused-ring (bicyclic) bond motifs is 1. The fraction of sp³-hybridized carbons (Fsp3) is 0.522. The molecule has 0 aromatic carbocycles. The van der Waals surface area contributed by atoms with Crippen LogP contribution in [0.3, 0.4) is 0 Å². The lowest BCUT2D eigenvalue weighted by Gasteiger charge is -2.39. The Kier molecular flexibility index (Phi) is 6.33. The highest BCUT2D eigenvalue weighted by atomic mass is 32.1. The molecule has 1 aliphatic rings. The summed E-state index contributed by atoms with van der Waals surface area (Å²) >= 11 is 1.94. The SMILES string of the molecule is CCOC(=O)/C=C(C)/C=C/C=C(/C)c1cc2c(s1)C(C)(C)CCC2(C)C. The molecule has 2 rings (SSSR count). The lowest BCUT2D eigenvalue weighted by atomic mass is 9.67. The van der Waals surface area contributed by atoms with E-state index in [1.807, 2.05) is 37.3 Å². The molecule has 3 heteroatoms. The fourth-order valence-corrected chi connectivity index (χ4v) is 4.76. The van der Waals surface area contributed by atoms with Crippen molar-refractivity contribution in [3.8, 4) is 0 Å². The van der Waals surface area contributed by atoms with Gasteiger partial charge in [0.2, 0.25) is 0 Å². The minimum Gasteiger partial charge on any atom is -0.463 e. The van der Waals surface area contributed by atoms with E-state index in [2.05, 4.69) is 46.8 Å². The van der Waals surface area contributed by atoms with Gasteiger partial charge in [-0.2, -0.15) is 0 Å². The summed E-state index contributed by atoms with van der Waals surface area (Å²) < 4.78 is 4.93. The van der Waals surface area contributed by atoms with Gasteiger partial charge in [0.05, 0.1) is 6.61 Å². The van der Waals surface area contributed by atoms with Crippen molar-refractivity contribution in [2.45, 2.75) is 72.1 Å². The van der Waals surface area contributed by atoms with Crippen LogP contribution in [0.1, 0.15) is 76.6 Å². The first-order valence-corrected chi connectivity index (χ1v) is 10.2. The fourth-order valence-electron chi connectivity index (χ4n) is 3.31. The average Bonchev–Trinajstić information content (AvgIpc) is 3.00. The molecule has 0 aliphatic heterocycles. The second-order valence-electron chi connectivity index (χ2n) is 8.47. The van der Waals surface area contributed by atoms with E-state index in [0.717, 1.165) is 5.57 Å². The van der Waals surface area contributed by atoms with Gasteiger partial charge in [-0.15, -0.1) is 11.3 Å². The van der Waals surface area contributed by atoms with E-state index in [-0.39, 0.29) is 16.8 Å². The lowest BCUT2D eigenvalue weighted by Crippen LogP contribution is -2.31. The van der Waals surface area contributed by atoms with E-state index in [4.69, 9.17) is 4.74 Å². The van der Waals surface area contributed by atoms with E-state index < -0.39 is 0 Å². The molecule has 0 radical (unpaired) electrons. The van der Waals surface area contributed by atoms with Crippen LogP contribution in [0.5, 0.6) is 0 Å². The third kappa shape index (κ3) is 4.76. The number of thiophene rings is 1. The van der Waals surface area contributed by atoms with Gasteiger partial charge in [0.1, 0.15) is 0 Å². The van der Waals surface area contributed by atoms with Crippen molar-refractivity contribution >= 4 is 22.9 Å². The highest BCUT2D eigenvalue weighted by Crippen LogP contribution is 2.50. The molecular formula is C23H32O2S. The van der Waals surface area contributed by atoms with Crippen LogP contribution < -0.4 is 0 Å². The third-order valence-corrected chi connectivity index (χ3v) is 6.81. The Balaban J connectivity index is 2.22. The van der Waals surface area contributed by atoms with Crippen molar-refractivity contribution in [2.24, 2.45) is 0 Å². The number of hydrogen-bond donors (Lipinski definition) is 0. The Morgan fingerprint density at radius 2 is 1.85 bits per heavy atom. The number of hydrogen-bond acceptors (Lipinski definition) is 3. The summed E-state index contributed by atoms with van der Waals surface area (Å²) in [6.45, 7) is 15.7. The molecule has 0 atom stereocenters. The second-order valence-corrected chi connectivity index (χ2v) is 9.52. The molecule has 0 bridgehead atoms. The van der Waals surface area contributed by atoms with Gasteiger partial charge in [0.25, 0.3) is 0 Å². The largest absolute Gasteiger partial charge is 0.463 e. The quantitative estimate of drug-likeness (QED) is 0.332. The summed E-state index contributed by atoms with van der Waals surface area (Å²) in [6.07, 6.45) is 10.1. The van der Waals surface area contributed by atoms with Gasteiger partial charge in [0.15, 0.2) is 0 Å². The minimum absolute atomic E-state index is 0.259. The van der Waals surface area contributed by atoms with Gasteiger partial charge >= 0.3 is 5.97 Å². The van der Waals surface area contributed by atoms with Crippen molar-refractivity contribution in [3.05, 3.63) is 51.3 Å². The Morgan fingerprint density at radius 3 is 2.46 bits per heavy atom. The predicted octanol–water partition coefficient (Wildman–Crippen LogP) is 6.57. The molecule has 1 aromatic rings. The van der Waals surface area contributed by atoms with Crippen molar-refractivity contribution in [3.63, 3.8) is 0 Å².